The van der Waals surface area contributed by atoms with Crippen molar-refractivity contribution in [3.05, 3.63) is 23.7 Å². The van der Waals surface area contributed by atoms with Gasteiger partial charge in [-0.1, -0.05) is 13.8 Å². The topological polar surface area (TPSA) is 49.6 Å². The lowest BCUT2D eigenvalue weighted by Crippen LogP contribution is -2.39. The van der Waals surface area contributed by atoms with Gasteiger partial charge in [-0.05, 0) is 43.7 Å². The minimum Gasteiger partial charge on any atom is -0.464 e. The van der Waals surface area contributed by atoms with E-state index in [0.717, 1.165) is 29.9 Å². The van der Waals surface area contributed by atoms with E-state index in [4.69, 9.17) is 4.42 Å². The predicted octanol–water partition coefficient (Wildman–Crippen LogP) is 2.86. The van der Waals surface area contributed by atoms with E-state index in [-0.39, 0.29) is 6.04 Å². The smallest absolute Gasteiger partial charge is 0.191 e. The maximum absolute atomic E-state index is 5.62. The molecule has 1 fully saturated rings. The highest BCUT2D eigenvalue weighted by atomic mass is 16.3. The lowest BCUT2D eigenvalue weighted by Gasteiger charge is -2.16. The summed E-state index contributed by atoms with van der Waals surface area (Å²) in [6, 6.07) is 4.10. The van der Waals surface area contributed by atoms with Crippen LogP contribution in [0.15, 0.2) is 21.5 Å². The molecule has 4 heteroatoms. The molecule has 2 rings (SSSR count). The van der Waals surface area contributed by atoms with E-state index in [1.165, 1.54) is 6.42 Å². The Morgan fingerprint density at radius 3 is 2.68 bits per heavy atom. The summed E-state index contributed by atoms with van der Waals surface area (Å²) in [5.74, 6) is 3.47. The van der Waals surface area contributed by atoms with Crippen molar-refractivity contribution in [2.75, 3.05) is 13.6 Å². The largest absolute Gasteiger partial charge is 0.464 e. The summed E-state index contributed by atoms with van der Waals surface area (Å²) in [6.07, 6.45) is 1.30. The van der Waals surface area contributed by atoms with E-state index in [1.807, 2.05) is 19.1 Å². The summed E-state index contributed by atoms with van der Waals surface area (Å²) >= 11 is 0. The third-order valence-electron chi connectivity index (χ3n) is 4.00. The van der Waals surface area contributed by atoms with Crippen molar-refractivity contribution >= 4 is 5.96 Å². The van der Waals surface area contributed by atoms with Gasteiger partial charge >= 0.3 is 0 Å². The number of furan rings is 1. The van der Waals surface area contributed by atoms with Gasteiger partial charge in [0.1, 0.15) is 11.5 Å². The molecule has 0 aliphatic heterocycles. The van der Waals surface area contributed by atoms with Crippen LogP contribution in [-0.2, 0) is 0 Å². The van der Waals surface area contributed by atoms with Gasteiger partial charge in [0, 0.05) is 13.6 Å². The molecule has 0 amide bonds. The van der Waals surface area contributed by atoms with Crippen LogP contribution in [-0.4, -0.2) is 19.6 Å². The van der Waals surface area contributed by atoms with Crippen LogP contribution in [0.3, 0.4) is 0 Å². The fraction of sp³-hybridized carbons (Fsp3) is 0.667. The molecule has 0 bridgehead atoms. The van der Waals surface area contributed by atoms with Crippen LogP contribution < -0.4 is 10.6 Å². The van der Waals surface area contributed by atoms with Gasteiger partial charge in [0.25, 0.3) is 0 Å². The number of hydrogen-bond acceptors (Lipinski definition) is 2. The van der Waals surface area contributed by atoms with Crippen molar-refractivity contribution in [2.24, 2.45) is 16.3 Å². The van der Waals surface area contributed by atoms with Crippen LogP contribution in [0.5, 0.6) is 0 Å². The average Bonchev–Trinajstić information content (AvgIpc) is 2.74. The first-order valence-electron chi connectivity index (χ1n) is 6.96. The van der Waals surface area contributed by atoms with Crippen LogP contribution in [0.4, 0.5) is 0 Å². The first-order chi connectivity index (χ1) is 8.92. The second-order valence-electron chi connectivity index (χ2n) is 6.16. The minimum atomic E-state index is 0.118. The number of hydrogen-bond donors (Lipinski definition) is 2. The van der Waals surface area contributed by atoms with Gasteiger partial charge in [-0.25, -0.2) is 0 Å². The Hall–Kier alpha value is -1.45. The molecular weight excluding hydrogens is 238 g/mol. The number of nitrogens with one attached hydrogen (secondary N) is 2. The van der Waals surface area contributed by atoms with E-state index >= 15 is 0 Å². The maximum atomic E-state index is 5.62. The first-order valence-corrected chi connectivity index (χ1v) is 6.96. The highest BCUT2D eigenvalue weighted by Gasteiger charge is 2.45. The second kappa shape index (κ2) is 5.27. The van der Waals surface area contributed by atoms with E-state index in [0.29, 0.717) is 5.41 Å². The molecule has 0 aromatic carbocycles. The third-order valence-corrected chi connectivity index (χ3v) is 4.00. The SMILES string of the molecule is CN=C(NCC1CC1(C)C)NC(C)c1ccc(C)o1. The minimum absolute atomic E-state index is 0.118. The van der Waals surface area contributed by atoms with E-state index in [1.54, 1.807) is 7.05 Å². The first kappa shape index (κ1) is 14.0. The summed E-state index contributed by atoms with van der Waals surface area (Å²) in [4.78, 5) is 4.26. The monoisotopic (exact) mass is 263 g/mol. The zero-order valence-electron chi connectivity index (χ0n) is 12.6. The highest BCUT2D eigenvalue weighted by molar-refractivity contribution is 5.80. The number of aryl methyl sites for hydroxylation is 1. The lowest BCUT2D eigenvalue weighted by atomic mass is 10.1. The molecule has 1 aromatic heterocycles. The summed E-state index contributed by atoms with van der Waals surface area (Å²) < 4.78 is 5.62. The van der Waals surface area contributed by atoms with Gasteiger partial charge in [0.2, 0.25) is 0 Å². The molecule has 106 valence electrons. The fourth-order valence-corrected chi connectivity index (χ4v) is 2.30. The molecular formula is C15H25N3O. The van der Waals surface area contributed by atoms with Gasteiger partial charge in [0.15, 0.2) is 5.96 Å². The average molecular weight is 263 g/mol. The molecule has 2 N–H and O–H groups in total. The number of guanidine groups is 1. The molecule has 1 aromatic rings. The zero-order valence-corrected chi connectivity index (χ0v) is 12.6. The molecule has 1 heterocycles. The van der Waals surface area contributed by atoms with Crippen molar-refractivity contribution in [2.45, 2.75) is 40.2 Å². The molecule has 0 saturated heterocycles. The van der Waals surface area contributed by atoms with Crippen molar-refractivity contribution in [3.8, 4) is 0 Å². The van der Waals surface area contributed by atoms with Crippen LogP contribution >= 0.6 is 0 Å². The van der Waals surface area contributed by atoms with Crippen molar-refractivity contribution in [1.29, 1.82) is 0 Å². The zero-order chi connectivity index (χ0) is 14.0. The Kier molecular flexibility index (Phi) is 3.88. The molecule has 1 aliphatic rings. The molecule has 2 unspecified atom stereocenters. The standard InChI is InChI=1S/C15H25N3O/c1-10-6-7-13(19-10)11(2)18-14(16-5)17-9-12-8-15(12,3)4/h6-7,11-12H,8-9H2,1-5H3,(H2,16,17,18). The van der Waals surface area contributed by atoms with Crippen molar-refractivity contribution in [3.63, 3.8) is 0 Å². The van der Waals surface area contributed by atoms with Crippen LogP contribution in [0.1, 0.15) is 44.8 Å². The summed E-state index contributed by atoms with van der Waals surface area (Å²) in [5, 5.41) is 6.74. The van der Waals surface area contributed by atoms with Gasteiger partial charge in [0.05, 0.1) is 6.04 Å². The maximum Gasteiger partial charge on any atom is 0.191 e. The normalized spacial score (nSPS) is 23.0. The Labute approximate surface area is 115 Å². The quantitative estimate of drug-likeness (QED) is 0.648. The number of aliphatic imine (C=N–C) groups is 1. The molecule has 1 saturated carbocycles. The highest BCUT2D eigenvalue weighted by Crippen LogP contribution is 2.50. The Morgan fingerprint density at radius 1 is 1.53 bits per heavy atom. The predicted molar refractivity (Wildman–Crippen MR) is 78.2 cm³/mol. The molecule has 0 spiro atoms. The summed E-state index contributed by atoms with van der Waals surface area (Å²) in [6.45, 7) is 9.63. The lowest BCUT2D eigenvalue weighted by molar-refractivity contribution is 0.440. The summed E-state index contributed by atoms with van der Waals surface area (Å²) in [5.41, 5.74) is 0.496. The van der Waals surface area contributed by atoms with E-state index in [9.17, 15) is 0 Å². The van der Waals surface area contributed by atoms with Crippen LogP contribution in [0.2, 0.25) is 0 Å². The third kappa shape index (κ3) is 3.52. The van der Waals surface area contributed by atoms with Gasteiger partial charge in [-0.3, -0.25) is 4.99 Å². The summed E-state index contributed by atoms with van der Waals surface area (Å²) in [7, 11) is 1.80. The molecule has 2 atom stereocenters. The Bertz CT molecular complexity index is 462. The molecule has 4 nitrogen and oxygen atoms in total. The number of rotatable bonds is 4. The Balaban J connectivity index is 1.82. The van der Waals surface area contributed by atoms with Gasteiger partial charge in [-0.2, -0.15) is 0 Å². The second-order valence-corrected chi connectivity index (χ2v) is 6.16. The van der Waals surface area contributed by atoms with E-state index in [2.05, 4.69) is 36.4 Å². The van der Waals surface area contributed by atoms with Crippen LogP contribution in [0.25, 0.3) is 0 Å². The fourth-order valence-electron chi connectivity index (χ4n) is 2.30. The molecule has 1 aliphatic carbocycles. The van der Waals surface area contributed by atoms with Gasteiger partial charge in [-0.15, -0.1) is 0 Å². The van der Waals surface area contributed by atoms with Gasteiger partial charge < -0.3 is 15.1 Å². The number of nitrogens with zero attached hydrogens (tertiary/aromatic N) is 1. The Morgan fingerprint density at radius 2 is 2.21 bits per heavy atom. The molecule has 19 heavy (non-hydrogen) atoms. The van der Waals surface area contributed by atoms with E-state index < -0.39 is 0 Å². The van der Waals surface area contributed by atoms with Crippen molar-refractivity contribution < 1.29 is 4.42 Å². The molecule has 0 radical (unpaired) electrons. The van der Waals surface area contributed by atoms with Crippen molar-refractivity contribution in [1.82, 2.24) is 10.6 Å². The van der Waals surface area contributed by atoms with Crippen LogP contribution in [0, 0.1) is 18.3 Å².